The Morgan fingerprint density at radius 1 is 1.13 bits per heavy atom. The summed E-state index contributed by atoms with van der Waals surface area (Å²) in [6.45, 7) is 0.568. The van der Waals surface area contributed by atoms with Crippen molar-refractivity contribution in [2.24, 2.45) is 0 Å². The van der Waals surface area contributed by atoms with E-state index in [9.17, 15) is 4.79 Å². The van der Waals surface area contributed by atoms with Gasteiger partial charge >= 0.3 is 0 Å². The lowest BCUT2D eigenvalue weighted by Gasteiger charge is -2.07. The molecule has 0 atom stereocenters. The molecule has 0 spiro atoms. The summed E-state index contributed by atoms with van der Waals surface area (Å²) < 4.78 is 6.15. The standard InChI is InChI=1S/C17H14BrN3O2/c18-12-3-1-4-13(9-12)21-17(22)16-7-6-14(10-20-16)19-11-15-5-2-8-23-15/h1-10,19H,11H2,(H,21,22). The van der Waals surface area contributed by atoms with Crippen molar-refractivity contribution in [2.75, 3.05) is 10.6 Å². The van der Waals surface area contributed by atoms with Crippen LogP contribution in [0.4, 0.5) is 11.4 Å². The molecule has 3 rings (SSSR count). The topological polar surface area (TPSA) is 67.2 Å². The van der Waals surface area contributed by atoms with E-state index in [0.717, 1.165) is 15.9 Å². The molecule has 0 aliphatic heterocycles. The molecule has 2 heterocycles. The van der Waals surface area contributed by atoms with Gasteiger partial charge in [-0.25, -0.2) is 4.98 Å². The van der Waals surface area contributed by atoms with Crippen LogP contribution in [0.25, 0.3) is 0 Å². The van der Waals surface area contributed by atoms with Gasteiger partial charge in [0, 0.05) is 10.2 Å². The van der Waals surface area contributed by atoms with Gasteiger partial charge in [-0.2, -0.15) is 0 Å². The minimum absolute atomic E-state index is 0.249. The first-order valence-corrected chi connectivity index (χ1v) is 7.79. The Hall–Kier alpha value is -2.60. The van der Waals surface area contributed by atoms with Crippen molar-refractivity contribution in [1.82, 2.24) is 4.98 Å². The molecule has 0 radical (unpaired) electrons. The van der Waals surface area contributed by atoms with Gasteiger partial charge in [-0.3, -0.25) is 4.79 Å². The lowest BCUT2D eigenvalue weighted by Crippen LogP contribution is -2.13. The normalized spacial score (nSPS) is 10.3. The summed E-state index contributed by atoms with van der Waals surface area (Å²) in [5.41, 5.74) is 1.89. The van der Waals surface area contributed by atoms with E-state index in [4.69, 9.17) is 4.42 Å². The number of halogens is 1. The van der Waals surface area contributed by atoms with Crippen molar-refractivity contribution in [1.29, 1.82) is 0 Å². The average molecular weight is 372 g/mol. The van der Waals surface area contributed by atoms with Crippen LogP contribution in [-0.4, -0.2) is 10.9 Å². The lowest BCUT2D eigenvalue weighted by molar-refractivity contribution is 0.102. The van der Waals surface area contributed by atoms with E-state index in [1.165, 1.54) is 0 Å². The number of benzene rings is 1. The average Bonchev–Trinajstić information content (AvgIpc) is 3.07. The van der Waals surface area contributed by atoms with Crippen LogP contribution < -0.4 is 10.6 Å². The highest BCUT2D eigenvalue weighted by Crippen LogP contribution is 2.16. The highest BCUT2D eigenvalue weighted by atomic mass is 79.9. The Kier molecular flexibility index (Phi) is 4.73. The molecule has 0 saturated carbocycles. The summed E-state index contributed by atoms with van der Waals surface area (Å²) in [5.74, 6) is 0.585. The maximum Gasteiger partial charge on any atom is 0.274 e. The fourth-order valence-corrected chi connectivity index (χ4v) is 2.40. The number of furan rings is 1. The second-order valence-electron chi connectivity index (χ2n) is 4.83. The van der Waals surface area contributed by atoms with Crippen LogP contribution in [0.1, 0.15) is 16.2 Å². The minimum atomic E-state index is -0.249. The van der Waals surface area contributed by atoms with Gasteiger partial charge in [0.15, 0.2) is 0 Å². The molecule has 2 N–H and O–H groups in total. The van der Waals surface area contributed by atoms with Gasteiger partial charge in [-0.05, 0) is 42.5 Å². The number of hydrogen-bond donors (Lipinski definition) is 2. The van der Waals surface area contributed by atoms with Crippen LogP contribution in [0.2, 0.25) is 0 Å². The summed E-state index contributed by atoms with van der Waals surface area (Å²) in [7, 11) is 0. The predicted molar refractivity (Wildman–Crippen MR) is 92.4 cm³/mol. The Bertz CT molecular complexity index is 786. The van der Waals surface area contributed by atoms with Crippen LogP contribution in [0.15, 0.2) is 69.9 Å². The molecule has 116 valence electrons. The zero-order chi connectivity index (χ0) is 16.1. The van der Waals surface area contributed by atoms with Crippen molar-refractivity contribution in [3.05, 3.63) is 76.9 Å². The molecular weight excluding hydrogens is 358 g/mol. The number of pyridine rings is 1. The summed E-state index contributed by atoms with van der Waals surface area (Å²) >= 11 is 3.37. The van der Waals surface area contributed by atoms with Crippen LogP contribution in [0, 0.1) is 0 Å². The van der Waals surface area contributed by atoms with Crippen LogP contribution in [0.5, 0.6) is 0 Å². The zero-order valence-corrected chi connectivity index (χ0v) is 13.7. The second kappa shape index (κ2) is 7.11. The number of carbonyl (C=O) groups excluding carboxylic acids is 1. The second-order valence-corrected chi connectivity index (χ2v) is 5.75. The number of anilines is 2. The van der Waals surface area contributed by atoms with E-state index >= 15 is 0 Å². The molecule has 0 aliphatic carbocycles. The maximum atomic E-state index is 12.2. The quantitative estimate of drug-likeness (QED) is 0.701. The van der Waals surface area contributed by atoms with Gasteiger partial charge < -0.3 is 15.1 Å². The molecule has 1 amide bonds. The summed E-state index contributed by atoms with van der Waals surface area (Å²) in [6.07, 6.45) is 3.25. The monoisotopic (exact) mass is 371 g/mol. The van der Waals surface area contributed by atoms with Gasteiger partial charge in [-0.1, -0.05) is 22.0 Å². The van der Waals surface area contributed by atoms with E-state index in [0.29, 0.717) is 17.9 Å². The lowest BCUT2D eigenvalue weighted by atomic mass is 10.3. The Balaban J connectivity index is 1.61. The van der Waals surface area contributed by atoms with Crippen molar-refractivity contribution in [3.8, 4) is 0 Å². The first kappa shape index (κ1) is 15.3. The molecule has 1 aromatic carbocycles. The zero-order valence-electron chi connectivity index (χ0n) is 12.1. The molecule has 5 nitrogen and oxygen atoms in total. The molecular formula is C17H14BrN3O2. The fourth-order valence-electron chi connectivity index (χ4n) is 2.00. The number of carbonyl (C=O) groups is 1. The third-order valence-electron chi connectivity index (χ3n) is 3.13. The highest BCUT2D eigenvalue weighted by molar-refractivity contribution is 9.10. The van der Waals surface area contributed by atoms with E-state index in [1.54, 1.807) is 18.5 Å². The number of nitrogens with one attached hydrogen (secondary N) is 2. The van der Waals surface area contributed by atoms with E-state index in [-0.39, 0.29) is 5.91 Å². The van der Waals surface area contributed by atoms with Crippen molar-refractivity contribution in [3.63, 3.8) is 0 Å². The van der Waals surface area contributed by atoms with E-state index in [2.05, 4.69) is 31.5 Å². The molecule has 0 fully saturated rings. The number of aromatic nitrogens is 1. The van der Waals surface area contributed by atoms with Crippen molar-refractivity contribution < 1.29 is 9.21 Å². The number of hydrogen-bond acceptors (Lipinski definition) is 4. The first-order valence-electron chi connectivity index (χ1n) is 7.00. The summed E-state index contributed by atoms with van der Waals surface area (Å²) in [5, 5.41) is 5.98. The third kappa shape index (κ3) is 4.20. The summed E-state index contributed by atoms with van der Waals surface area (Å²) in [4.78, 5) is 16.3. The molecule has 23 heavy (non-hydrogen) atoms. The van der Waals surface area contributed by atoms with Gasteiger partial charge in [0.1, 0.15) is 11.5 Å². The molecule has 3 aromatic rings. The number of nitrogens with zero attached hydrogens (tertiary/aromatic N) is 1. The highest BCUT2D eigenvalue weighted by Gasteiger charge is 2.08. The Morgan fingerprint density at radius 2 is 2.04 bits per heavy atom. The van der Waals surface area contributed by atoms with Crippen LogP contribution in [-0.2, 0) is 6.54 Å². The molecule has 0 unspecified atom stereocenters. The molecule has 6 heteroatoms. The van der Waals surface area contributed by atoms with Gasteiger partial charge in [-0.15, -0.1) is 0 Å². The fraction of sp³-hybridized carbons (Fsp3) is 0.0588. The Labute approximate surface area is 141 Å². The first-order chi connectivity index (χ1) is 11.2. The van der Waals surface area contributed by atoms with Gasteiger partial charge in [0.05, 0.1) is 24.7 Å². The maximum absolute atomic E-state index is 12.2. The third-order valence-corrected chi connectivity index (χ3v) is 3.62. The van der Waals surface area contributed by atoms with E-state index in [1.807, 2.05) is 42.5 Å². The van der Waals surface area contributed by atoms with Gasteiger partial charge in [0.25, 0.3) is 5.91 Å². The summed E-state index contributed by atoms with van der Waals surface area (Å²) in [6, 6.07) is 14.6. The molecule has 0 bridgehead atoms. The van der Waals surface area contributed by atoms with Crippen molar-refractivity contribution >= 4 is 33.2 Å². The minimum Gasteiger partial charge on any atom is -0.467 e. The SMILES string of the molecule is O=C(Nc1cccc(Br)c1)c1ccc(NCc2ccco2)cn1. The van der Waals surface area contributed by atoms with Crippen LogP contribution in [0.3, 0.4) is 0 Å². The van der Waals surface area contributed by atoms with Crippen LogP contribution >= 0.6 is 15.9 Å². The smallest absolute Gasteiger partial charge is 0.274 e. The molecule has 0 saturated heterocycles. The Morgan fingerprint density at radius 3 is 2.74 bits per heavy atom. The van der Waals surface area contributed by atoms with Gasteiger partial charge in [0.2, 0.25) is 0 Å². The predicted octanol–water partition coefficient (Wildman–Crippen LogP) is 4.30. The number of amides is 1. The largest absolute Gasteiger partial charge is 0.467 e. The number of rotatable bonds is 5. The van der Waals surface area contributed by atoms with Crippen molar-refractivity contribution in [2.45, 2.75) is 6.54 Å². The van der Waals surface area contributed by atoms with E-state index < -0.39 is 0 Å². The molecule has 0 aliphatic rings. The molecule has 2 aromatic heterocycles.